The summed E-state index contributed by atoms with van der Waals surface area (Å²) in [6.07, 6.45) is -3.87. The Kier molecular flexibility index (Phi) is 4.62. The lowest BCUT2D eigenvalue weighted by Gasteiger charge is -2.19. The third-order valence-corrected chi connectivity index (χ3v) is 2.96. The molecule has 4 nitrogen and oxygen atoms in total. The predicted octanol–water partition coefficient (Wildman–Crippen LogP) is 3.27. The van der Waals surface area contributed by atoms with Crippen LogP contribution in [0.2, 0.25) is 5.02 Å². The fourth-order valence-corrected chi connectivity index (χ4v) is 1.47. The zero-order valence-corrected chi connectivity index (χ0v) is 10.9. The average Bonchev–Trinajstić information content (AvgIpc) is 2.29. The Morgan fingerprint density at radius 3 is 2.47 bits per heavy atom. The summed E-state index contributed by atoms with van der Waals surface area (Å²) in [7, 11) is 0. The number of hydrogen-bond donors (Lipinski definition) is 2. The number of aliphatic carboxylic acids is 1. The summed E-state index contributed by atoms with van der Waals surface area (Å²) in [5.41, 5.74) is -0.956. The molecule has 0 aliphatic rings. The summed E-state index contributed by atoms with van der Waals surface area (Å²) in [6.45, 7) is 3.05. The van der Waals surface area contributed by atoms with Gasteiger partial charge in [0.25, 0.3) is 0 Å². The second kappa shape index (κ2) is 5.64. The van der Waals surface area contributed by atoms with Gasteiger partial charge in [-0.1, -0.05) is 11.6 Å². The third kappa shape index (κ3) is 3.99. The van der Waals surface area contributed by atoms with Crippen LogP contribution in [0.3, 0.4) is 0 Å². The molecule has 106 valence electrons. The number of nitrogens with zero attached hydrogens (tertiary/aromatic N) is 1. The van der Waals surface area contributed by atoms with Crippen molar-refractivity contribution in [2.75, 3.05) is 5.32 Å². The van der Waals surface area contributed by atoms with Gasteiger partial charge in [-0.25, -0.2) is 4.98 Å². The molecule has 0 aromatic carbocycles. The SMILES string of the molecule is CC(Nc1ncc(C(F)(F)F)cc1Cl)C(C)C(=O)O. The maximum atomic E-state index is 12.4. The maximum Gasteiger partial charge on any atom is 0.417 e. The molecule has 0 saturated heterocycles. The summed E-state index contributed by atoms with van der Waals surface area (Å²) in [4.78, 5) is 14.3. The van der Waals surface area contributed by atoms with E-state index in [9.17, 15) is 18.0 Å². The molecule has 2 unspecified atom stereocenters. The van der Waals surface area contributed by atoms with Crippen LogP contribution in [0.5, 0.6) is 0 Å². The van der Waals surface area contributed by atoms with Crippen molar-refractivity contribution in [3.05, 3.63) is 22.8 Å². The second-order valence-corrected chi connectivity index (χ2v) is 4.52. The minimum absolute atomic E-state index is 0.0234. The van der Waals surface area contributed by atoms with E-state index in [1.807, 2.05) is 0 Å². The Labute approximate surface area is 112 Å². The number of carboxylic acid groups (broad SMARTS) is 1. The van der Waals surface area contributed by atoms with Crippen molar-refractivity contribution in [2.45, 2.75) is 26.1 Å². The molecule has 0 fully saturated rings. The number of hydrogen-bond acceptors (Lipinski definition) is 3. The molecule has 0 bridgehead atoms. The van der Waals surface area contributed by atoms with Gasteiger partial charge < -0.3 is 10.4 Å². The molecule has 8 heteroatoms. The molecule has 0 aliphatic heterocycles. The molecule has 2 atom stereocenters. The molecular formula is C11H12ClF3N2O2. The quantitative estimate of drug-likeness (QED) is 0.895. The van der Waals surface area contributed by atoms with E-state index in [2.05, 4.69) is 10.3 Å². The summed E-state index contributed by atoms with van der Waals surface area (Å²) in [5.74, 6) is -1.74. The molecule has 1 heterocycles. The van der Waals surface area contributed by atoms with E-state index in [4.69, 9.17) is 16.7 Å². The van der Waals surface area contributed by atoms with Crippen molar-refractivity contribution in [3.63, 3.8) is 0 Å². The van der Waals surface area contributed by atoms with Gasteiger partial charge in [-0.05, 0) is 19.9 Å². The highest BCUT2D eigenvalue weighted by molar-refractivity contribution is 6.33. The van der Waals surface area contributed by atoms with Gasteiger partial charge in [-0.2, -0.15) is 13.2 Å². The van der Waals surface area contributed by atoms with Crippen molar-refractivity contribution in [1.82, 2.24) is 4.98 Å². The van der Waals surface area contributed by atoms with Crippen LogP contribution in [-0.4, -0.2) is 22.1 Å². The number of nitrogens with one attached hydrogen (secondary N) is 1. The molecule has 0 amide bonds. The topological polar surface area (TPSA) is 62.2 Å². The molecule has 0 saturated carbocycles. The monoisotopic (exact) mass is 296 g/mol. The normalized spacial score (nSPS) is 14.8. The van der Waals surface area contributed by atoms with Crippen LogP contribution in [0.1, 0.15) is 19.4 Å². The Morgan fingerprint density at radius 2 is 2.05 bits per heavy atom. The van der Waals surface area contributed by atoms with Gasteiger partial charge in [-0.3, -0.25) is 4.79 Å². The molecule has 0 radical (unpaired) electrons. The van der Waals surface area contributed by atoms with Gasteiger partial charge in [0.15, 0.2) is 0 Å². The van der Waals surface area contributed by atoms with Crippen LogP contribution in [-0.2, 0) is 11.0 Å². The standard InChI is InChI=1S/C11H12ClF3N2O2/c1-5(10(18)19)6(2)17-9-8(12)3-7(4-16-9)11(13,14)15/h3-6H,1-2H3,(H,16,17)(H,18,19). The van der Waals surface area contributed by atoms with E-state index < -0.39 is 29.7 Å². The van der Waals surface area contributed by atoms with Crippen molar-refractivity contribution in [1.29, 1.82) is 0 Å². The number of halogens is 4. The van der Waals surface area contributed by atoms with Gasteiger partial charge in [0.05, 0.1) is 16.5 Å². The van der Waals surface area contributed by atoms with Crippen LogP contribution in [0.15, 0.2) is 12.3 Å². The number of aromatic nitrogens is 1. The van der Waals surface area contributed by atoms with Crippen molar-refractivity contribution in [2.24, 2.45) is 5.92 Å². The first kappa shape index (κ1) is 15.6. The number of rotatable bonds is 4. The highest BCUT2D eigenvalue weighted by Gasteiger charge is 2.31. The zero-order chi connectivity index (χ0) is 14.8. The summed E-state index contributed by atoms with van der Waals surface area (Å²) < 4.78 is 37.2. The molecule has 0 spiro atoms. The van der Waals surface area contributed by atoms with Crippen LogP contribution in [0.25, 0.3) is 0 Å². The molecular weight excluding hydrogens is 285 g/mol. The Bertz CT molecular complexity index is 479. The zero-order valence-electron chi connectivity index (χ0n) is 10.1. The van der Waals surface area contributed by atoms with E-state index in [-0.39, 0.29) is 10.8 Å². The largest absolute Gasteiger partial charge is 0.481 e. The molecule has 19 heavy (non-hydrogen) atoms. The van der Waals surface area contributed by atoms with Crippen LogP contribution < -0.4 is 5.32 Å². The van der Waals surface area contributed by atoms with Crippen molar-refractivity contribution < 1.29 is 23.1 Å². The lowest BCUT2D eigenvalue weighted by molar-refractivity contribution is -0.141. The van der Waals surface area contributed by atoms with Gasteiger partial charge in [0, 0.05) is 12.2 Å². The first-order chi connectivity index (χ1) is 8.62. The number of pyridine rings is 1. The minimum atomic E-state index is -4.52. The molecule has 0 aliphatic carbocycles. The molecule has 1 rings (SSSR count). The van der Waals surface area contributed by atoms with Crippen LogP contribution >= 0.6 is 11.6 Å². The highest BCUT2D eigenvalue weighted by Crippen LogP contribution is 2.32. The minimum Gasteiger partial charge on any atom is -0.481 e. The summed E-state index contributed by atoms with van der Waals surface area (Å²) in [5, 5.41) is 11.3. The van der Waals surface area contributed by atoms with Gasteiger partial charge in [0.2, 0.25) is 0 Å². The van der Waals surface area contributed by atoms with Gasteiger partial charge in [0.1, 0.15) is 5.82 Å². The number of carboxylic acids is 1. The first-order valence-electron chi connectivity index (χ1n) is 5.35. The van der Waals surface area contributed by atoms with E-state index in [0.717, 1.165) is 6.07 Å². The van der Waals surface area contributed by atoms with Crippen molar-refractivity contribution >= 4 is 23.4 Å². The molecule has 1 aromatic rings. The number of carbonyl (C=O) groups is 1. The van der Waals surface area contributed by atoms with Crippen LogP contribution in [0.4, 0.5) is 19.0 Å². The fourth-order valence-electron chi connectivity index (χ4n) is 1.25. The maximum absolute atomic E-state index is 12.4. The third-order valence-electron chi connectivity index (χ3n) is 2.67. The van der Waals surface area contributed by atoms with Crippen molar-refractivity contribution in [3.8, 4) is 0 Å². The number of anilines is 1. The van der Waals surface area contributed by atoms with Crippen LogP contribution in [0, 0.1) is 5.92 Å². The van der Waals surface area contributed by atoms with E-state index >= 15 is 0 Å². The molecule has 2 N–H and O–H groups in total. The van der Waals surface area contributed by atoms with Gasteiger partial charge >= 0.3 is 12.1 Å². The highest BCUT2D eigenvalue weighted by atomic mass is 35.5. The first-order valence-corrected chi connectivity index (χ1v) is 5.72. The number of alkyl halides is 3. The van der Waals surface area contributed by atoms with Gasteiger partial charge in [-0.15, -0.1) is 0 Å². The lowest BCUT2D eigenvalue weighted by atomic mass is 10.0. The average molecular weight is 297 g/mol. The van der Waals surface area contributed by atoms with E-state index in [0.29, 0.717) is 6.20 Å². The summed E-state index contributed by atoms with van der Waals surface area (Å²) >= 11 is 5.69. The van der Waals surface area contributed by atoms with E-state index in [1.54, 1.807) is 6.92 Å². The smallest absolute Gasteiger partial charge is 0.417 e. The Balaban J connectivity index is 2.89. The van der Waals surface area contributed by atoms with E-state index in [1.165, 1.54) is 6.92 Å². The summed E-state index contributed by atoms with van der Waals surface area (Å²) in [6, 6.07) is 0.217. The fraction of sp³-hybridized carbons (Fsp3) is 0.455. The molecule has 1 aromatic heterocycles. The Hall–Kier alpha value is -1.50. The Morgan fingerprint density at radius 1 is 1.47 bits per heavy atom. The second-order valence-electron chi connectivity index (χ2n) is 4.11. The predicted molar refractivity (Wildman–Crippen MR) is 64.1 cm³/mol. The lowest BCUT2D eigenvalue weighted by Crippen LogP contribution is -2.30.